The minimum Gasteiger partial charge on any atom is -0.356 e. The fourth-order valence-electron chi connectivity index (χ4n) is 2.20. The van der Waals surface area contributed by atoms with E-state index in [1.807, 2.05) is 0 Å². The second-order valence-corrected chi connectivity index (χ2v) is 4.08. The molecule has 0 bridgehead atoms. The number of unbranched alkanes of at least 4 members (excludes halogenated alkanes) is 1. The number of rotatable bonds is 5. The molecule has 2 unspecified atom stereocenters. The van der Waals surface area contributed by atoms with Crippen LogP contribution >= 0.6 is 0 Å². The molecule has 76 valence electrons. The minimum absolute atomic E-state index is 0.250. The lowest BCUT2D eigenvalue weighted by molar-refractivity contribution is -0.119. The summed E-state index contributed by atoms with van der Waals surface area (Å²) >= 11 is 0. The lowest BCUT2D eigenvalue weighted by Crippen LogP contribution is -2.18. The second-order valence-electron chi connectivity index (χ2n) is 4.08. The number of hydrogen-bond donors (Lipinski definition) is 1. The number of hydrogen-bond acceptors (Lipinski definition) is 1. The van der Waals surface area contributed by atoms with Gasteiger partial charge < -0.3 is 5.32 Å². The Morgan fingerprint density at radius 1 is 1.54 bits per heavy atom. The summed E-state index contributed by atoms with van der Waals surface area (Å²) in [5.41, 5.74) is 0. The van der Waals surface area contributed by atoms with Crippen LogP contribution in [0.5, 0.6) is 0 Å². The lowest BCUT2D eigenvalue weighted by Gasteiger charge is -2.19. The van der Waals surface area contributed by atoms with Crippen LogP contribution in [0.1, 0.15) is 46.0 Å². The Labute approximate surface area is 81.1 Å². The molecule has 1 aliphatic heterocycles. The largest absolute Gasteiger partial charge is 0.356 e. The van der Waals surface area contributed by atoms with Crippen molar-refractivity contribution in [2.24, 2.45) is 11.8 Å². The van der Waals surface area contributed by atoms with E-state index >= 15 is 0 Å². The Morgan fingerprint density at radius 3 is 2.77 bits per heavy atom. The summed E-state index contributed by atoms with van der Waals surface area (Å²) in [5, 5.41) is 2.92. The van der Waals surface area contributed by atoms with Crippen LogP contribution in [-0.2, 0) is 4.79 Å². The Morgan fingerprint density at radius 2 is 2.31 bits per heavy atom. The fourth-order valence-corrected chi connectivity index (χ4v) is 2.20. The summed E-state index contributed by atoms with van der Waals surface area (Å²) in [7, 11) is 0. The molecule has 2 heteroatoms. The Hall–Kier alpha value is -0.530. The Kier molecular flexibility index (Phi) is 4.26. The van der Waals surface area contributed by atoms with Gasteiger partial charge in [-0.25, -0.2) is 0 Å². The summed E-state index contributed by atoms with van der Waals surface area (Å²) in [5.74, 6) is 1.63. The predicted molar refractivity (Wildman–Crippen MR) is 54.4 cm³/mol. The zero-order valence-electron chi connectivity index (χ0n) is 8.81. The average Bonchev–Trinajstić information content (AvgIpc) is 2.54. The minimum atomic E-state index is 0.250. The van der Waals surface area contributed by atoms with Crippen LogP contribution in [0.3, 0.4) is 0 Å². The Balaban J connectivity index is 2.33. The molecule has 2 nitrogen and oxygen atoms in total. The first kappa shape index (κ1) is 10.6. The van der Waals surface area contributed by atoms with Crippen molar-refractivity contribution < 1.29 is 4.79 Å². The van der Waals surface area contributed by atoms with E-state index in [0.717, 1.165) is 18.9 Å². The Bertz CT molecular complexity index is 167. The highest BCUT2D eigenvalue weighted by atomic mass is 16.1. The highest BCUT2D eigenvalue weighted by Gasteiger charge is 2.27. The van der Waals surface area contributed by atoms with E-state index in [4.69, 9.17) is 0 Å². The molecule has 1 saturated heterocycles. The van der Waals surface area contributed by atoms with Crippen molar-refractivity contribution in [1.29, 1.82) is 0 Å². The third-order valence-corrected chi connectivity index (χ3v) is 3.13. The van der Waals surface area contributed by atoms with E-state index in [-0.39, 0.29) is 5.91 Å². The van der Waals surface area contributed by atoms with E-state index in [9.17, 15) is 4.79 Å². The van der Waals surface area contributed by atoms with E-state index < -0.39 is 0 Å². The van der Waals surface area contributed by atoms with Gasteiger partial charge in [0.1, 0.15) is 0 Å². The smallest absolute Gasteiger partial charge is 0.220 e. The summed E-state index contributed by atoms with van der Waals surface area (Å²) in [6, 6.07) is 0. The summed E-state index contributed by atoms with van der Waals surface area (Å²) in [6.07, 6.45) is 5.86. The van der Waals surface area contributed by atoms with Gasteiger partial charge in [0.2, 0.25) is 5.91 Å². The zero-order valence-corrected chi connectivity index (χ0v) is 8.81. The maximum Gasteiger partial charge on any atom is 0.220 e. The third-order valence-electron chi connectivity index (χ3n) is 3.13. The van der Waals surface area contributed by atoms with Crippen molar-refractivity contribution in [1.82, 2.24) is 5.32 Å². The van der Waals surface area contributed by atoms with Crippen molar-refractivity contribution in [2.45, 2.75) is 46.0 Å². The molecule has 1 N–H and O–H groups in total. The highest BCUT2D eigenvalue weighted by molar-refractivity contribution is 5.78. The third kappa shape index (κ3) is 3.02. The van der Waals surface area contributed by atoms with Gasteiger partial charge >= 0.3 is 0 Å². The summed E-state index contributed by atoms with van der Waals surface area (Å²) in [4.78, 5) is 11.0. The number of nitrogens with one attached hydrogen (secondary N) is 1. The molecule has 1 rings (SSSR count). The molecule has 0 radical (unpaired) electrons. The summed E-state index contributed by atoms with van der Waals surface area (Å²) in [6.45, 7) is 5.38. The van der Waals surface area contributed by atoms with Crippen LogP contribution in [0.15, 0.2) is 0 Å². The molecule has 1 heterocycles. The van der Waals surface area contributed by atoms with E-state index in [1.54, 1.807) is 0 Å². The first-order valence-corrected chi connectivity index (χ1v) is 5.54. The topological polar surface area (TPSA) is 29.1 Å². The number of amides is 1. The van der Waals surface area contributed by atoms with Gasteiger partial charge in [0.25, 0.3) is 0 Å². The molecule has 0 aliphatic carbocycles. The lowest BCUT2D eigenvalue weighted by atomic mass is 9.85. The van der Waals surface area contributed by atoms with Crippen LogP contribution in [0.25, 0.3) is 0 Å². The molecule has 1 aliphatic rings. The number of carbonyl (C=O) groups is 1. The SMILES string of the molecule is CCCCC(CC)C1CNC(=O)C1. The molecular formula is C11H21NO. The first-order valence-electron chi connectivity index (χ1n) is 5.54. The summed E-state index contributed by atoms with van der Waals surface area (Å²) < 4.78 is 0. The molecule has 0 spiro atoms. The molecule has 0 aromatic carbocycles. The van der Waals surface area contributed by atoms with E-state index in [0.29, 0.717) is 5.92 Å². The molecule has 0 aromatic rings. The van der Waals surface area contributed by atoms with Crippen molar-refractivity contribution in [3.8, 4) is 0 Å². The highest BCUT2D eigenvalue weighted by Crippen LogP contribution is 2.27. The maximum absolute atomic E-state index is 11.0. The van der Waals surface area contributed by atoms with Gasteiger partial charge in [-0.1, -0.05) is 39.5 Å². The second kappa shape index (κ2) is 5.25. The van der Waals surface area contributed by atoms with Gasteiger partial charge in [-0.05, 0) is 11.8 Å². The van der Waals surface area contributed by atoms with Crippen molar-refractivity contribution in [3.05, 3.63) is 0 Å². The quantitative estimate of drug-likeness (QED) is 0.696. The first-order chi connectivity index (χ1) is 6.27. The molecular weight excluding hydrogens is 162 g/mol. The standard InChI is InChI=1S/C11H21NO/c1-3-5-6-9(4-2)10-7-11(13)12-8-10/h9-10H,3-8H2,1-2H3,(H,12,13). The van der Waals surface area contributed by atoms with Gasteiger partial charge in [0.05, 0.1) is 0 Å². The van der Waals surface area contributed by atoms with E-state index in [2.05, 4.69) is 19.2 Å². The average molecular weight is 183 g/mol. The molecule has 0 saturated carbocycles. The van der Waals surface area contributed by atoms with Crippen molar-refractivity contribution in [3.63, 3.8) is 0 Å². The van der Waals surface area contributed by atoms with Crippen LogP contribution in [0.4, 0.5) is 0 Å². The van der Waals surface area contributed by atoms with Crippen LogP contribution in [0, 0.1) is 11.8 Å². The molecule has 1 fully saturated rings. The van der Waals surface area contributed by atoms with Gasteiger partial charge in [0, 0.05) is 13.0 Å². The maximum atomic E-state index is 11.0. The molecule has 1 amide bonds. The van der Waals surface area contributed by atoms with Gasteiger partial charge in [-0.2, -0.15) is 0 Å². The monoisotopic (exact) mass is 183 g/mol. The predicted octanol–water partition coefficient (Wildman–Crippen LogP) is 2.34. The molecule has 13 heavy (non-hydrogen) atoms. The van der Waals surface area contributed by atoms with Gasteiger partial charge in [-0.3, -0.25) is 4.79 Å². The molecule has 2 atom stereocenters. The van der Waals surface area contributed by atoms with Crippen LogP contribution in [-0.4, -0.2) is 12.5 Å². The normalized spacial score (nSPS) is 24.5. The zero-order chi connectivity index (χ0) is 9.68. The van der Waals surface area contributed by atoms with Crippen molar-refractivity contribution >= 4 is 5.91 Å². The fraction of sp³-hybridized carbons (Fsp3) is 0.909. The van der Waals surface area contributed by atoms with Gasteiger partial charge in [-0.15, -0.1) is 0 Å². The van der Waals surface area contributed by atoms with E-state index in [1.165, 1.54) is 25.7 Å². The molecule has 0 aromatic heterocycles. The van der Waals surface area contributed by atoms with Crippen LogP contribution in [0.2, 0.25) is 0 Å². The van der Waals surface area contributed by atoms with Gasteiger partial charge in [0.15, 0.2) is 0 Å². The van der Waals surface area contributed by atoms with Crippen molar-refractivity contribution in [2.75, 3.05) is 6.54 Å². The number of carbonyl (C=O) groups excluding carboxylic acids is 1. The van der Waals surface area contributed by atoms with Crippen LogP contribution < -0.4 is 5.32 Å².